The van der Waals surface area contributed by atoms with E-state index in [9.17, 15) is 9.50 Å². The molecule has 7 heteroatoms. The zero-order valence-electron chi connectivity index (χ0n) is 13.3. The van der Waals surface area contributed by atoms with Gasteiger partial charge in [0, 0.05) is 35.1 Å². The number of nitrogens with zero attached hydrogens (tertiary/aromatic N) is 2. The Morgan fingerprint density at radius 2 is 1.80 bits per heavy atom. The van der Waals surface area contributed by atoms with Crippen LogP contribution >= 0.6 is 23.2 Å². The Bertz CT molecular complexity index is 863. The van der Waals surface area contributed by atoms with E-state index in [1.807, 2.05) is 0 Å². The van der Waals surface area contributed by atoms with Gasteiger partial charge >= 0.3 is 0 Å². The van der Waals surface area contributed by atoms with Crippen LogP contribution in [-0.4, -0.2) is 21.8 Å². The van der Waals surface area contributed by atoms with Crippen molar-refractivity contribution in [1.29, 1.82) is 0 Å². The van der Waals surface area contributed by atoms with Crippen molar-refractivity contribution in [3.63, 3.8) is 0 Å². The Balaban J connectivity index is 2.32. The zero-order chi connectivity index (χ0) is 18.0. The first-order valence-electron chi connectivity index (χ1n) is 7.42. The number of benzene rings is 2. The third-order valence-electron chi connectivity index (χ3n) is 3.89. The molecule has 4 nitrogen and oxygen atoms in total. The second kappa shape index (κ2) is 7.14. The molecule has 2 aromatic carbocycles. The van der Waals surface area contributed by atoms with Crippen molar-refractivity contribution < 1.29 is 14.2 Å². The summed E-state index contributed by atoms with van der Waals surface area (Å²) in [4.78, 5) is 4.29. The van der Waals surface area contributed by atoms with Crippen molar-refractivity contribution in [2.75, 3.05) is 7.11 Å². The molecule has 1 heterocycles. The normalized spacial score (nSPS) is 13.6. The van der Waals surface area contributed by atoms with Gasteiger partial charge in [0.25, 0.3) is 0 Å². The topological polar surface area (TPSA) is 47.3 Å². The molecule has 0 spiro atoms. The molecule has 3 rings (SSSR count). The summed E-state index contributed by atoms with van der Waals surface area (Å²) in [7, 11) is 1.53. The molecule has 25 heavy (non-hydrogen) atoms. The lowest BCUT2D eigenvalue weighted by atomic mass is 9.85. The Hall–Kier alpha value is -1.92. The van der Waals surface area contributed by atoms with Crippen LogP contribution in [0.25, 0.3) is 0 Å². The van der Waals surface area contributed by atoms with E-state index in [0.717, 1.165) is 0 Å². The maximum absolute atomic E-state index is 13.4. The van der Waals surface area contributed by atoms with Crippen LogP contribution in [0.15, 0.2) is 54.9 Å². The van der Waals surface area contributed by atoms with Crippen LogP contribution in [0.1, 0.15) is 17.0 Å². The van der Waals surface area contributed by atoms with Crippen molar-refractivity contribution in [3.05, 3.63) is 87.7 Å². The second-order valence-corrected chi connectivity index (χ2v) is 6.27. The third-order valence-corrected chi connectivity index (χ3v) is 4.52. The number of aromatic nitrogens is 2. The van der Waals surface area contributed by atoms with Gasteiger partial charge in [-0.15, -0.1) is 0 Å². The van der Waals surface area contributed by atoms with Gasteiger partial charge < -0.3 is 14.4 Å². The van der Waals surface area contributed by atoms with Crippen molar-refractivity contribution >= 4 is 23.2 Å². The summed E-state index contributed by atoms with van der Waals surface area (Å²) in [6.07, 6.45) is 3.20. The van der Waals surface area contributed by atoms with Gasteiger partial charge in [0.15, 0.2) is 11.4 Å². The second-order valence-electron chi connectivity index (χ2n) is 5.45. The van der Waals surface area contributed by atoms with Gasteiger partial charge in [-0.2, -0.15) is 0 Å². The molecule has 0 aliphatic rings. The van der Waals surface area contributed by atoms with E-state index in [1.54, 1.807) is 29.0 Å². The van der Waals surface area contributed by atoms with Crippen molar-refractivity contribution in [3.8, 4) is 0 Å². The molecule has 0 radical (unpaired) electrons. The molecule has 0 saturated heterocycles. The number of aliphatic hydroxyl groups is 1. The van der Waals surface area contributed by atoms with Gasteiger partial charge in [0.1, 0.15) is 12.5 Å². The maximum atomic E-state index is 13.4. The van der Waals surface area contributed by atoms with Crippen LogP contribution in [0, 0.1) is 5.82 Å². The summed E-state index contributed by atoms with van der Waals surface area (Å²) < 4.78 is 20.2. The van der Waals surface area contributed by atoms with Crippen LogP contribution in [0.3, 0.4) is 0 Å². The van der Waals surface area contributed by atoms with Crippen molar-refractivity contribution in [1.82, 2.24) is 9.55 Å². The van der Waals surface area contributed by atoms with Gasteiger partial charge in [-0.1, -0.05) is 41.4 Å². The summed E-state index contributed by atoms with van der Waals surface area (Å²) in [5.41, 5.74) is -1.13. The first kappa shape index (κ1) is 17.9. The van der Waals surface area contributed by atoms with Crippen LogP contribution in [0.5, 0.6) is 0 Å². The van der Waals surface area contributed by atoms with E-state index >= 15 is 0 Å². The lowest BCUT2D eigenvalue weighted by molar-refractivity contribution is 0.0846. The van der Waals surface area contributed by atoms with Crippen LogP contribution in [0.2, 0.25) is 10.0 Å². The molecule has 0 aliphatic heterocycles. The minimum Gasteiger partial charge on any atom is -0.373 e. The SMILES string of the molecule is COCn1ccnc1C(O)(c1ccc(F)cc1)c1c(Cl)cccc1Cl. The van der Waals surface area contributed by atoms with Crippen LogP contribution < -0.4 is 0 Å². The van der Waals surface area contributed by atoms with Gasteiger partial charge in [-0.25, -0.2) is 9.37 Å². The summed E-state index contributed by atoms with van der Waals surface area (Å²) in [6, 6.07) is 10.4. The molecule has 0 bridgehead atoms. The molecule has 1 unspecified atom stereocenters. The fraction of sp³-hybridized carbons (Fsp3) is 0.167. The predicted molar refractivity (Wildman–Crippen MR) is 94.2 cm³/mol. The standard InChI is InChI=1S/C18H15Cl2FN2O2/c1-25-11-23-10-9-22-17(23)18(24,12-5-7-13(21)8-6-12)16-14(19)3-2-4-15(16)20/h2-10,24H,11H2,1H3. The van der Waals surface area contributed by atoms with Crippen LogP contribution in [-0.2, 0) is 17.1 Å². The monoisotopic (exact) mass is 380 g/mol. The molecule has 0 saturated carbocycles. The minimum absolute atomic E-state index is 0.168. The predicted octanol–water partition coefficient (Wildman–Crippen LogP) is 4.22. The highest BCUT2D eigenvalue weighted by Gasteiger charge is 2.41. The molecule has 1 aromatic heterocycles. The summed E-state index contributed by atoms with van der Waals surface area (Å²) in [5, 5.41) is 12.3. The molecule has 130 valence electrons. The van der Waals surface area contributed by atoms with Crippen molar-refractivity contribution in [2.45, 2.75) is 12.3 Å². The first-order valence-corrected chi connectivity index (χ1v) is 8.17. The van der Waals surface area contributed by atoms with E-state index in [1.165, 1.54) is 37.6 Å². The number of hydrogen-bond acceptors (Lipinski definition) is 3. The van der Waals surface area contributed by atoms with Gasteiger partial charge in [-0.05, 0) is 29.8 Å². The molecule has 0 fully saturated rings. The number of halogens is 3. The molecule has 1 N–H and O–H groups in total. The number of ether oxygens (including phenoxy) is 1. The quantitative estimate of drug-likeness (QED) is 0.720. The summed E-state index contributed by atoms with van der Waals surface area (Å²) >= 11 is 12.7. The Labute approximate surface area is 154 Å². The molecule has 0 aliphatic carbocycles. The minimum atomic E-state index is -1.79. The maximum Gasteiger partial charge on any atom is 0.176 e. The average molecular weight is 381 g/mol. The average Bonchev–Trinajstić information content (AvgIpc) is 3.04. The van der Waals surface area contributed by atoms with Crippen molar-refractivity contribution in [2.24, 2.45) is 0 Å². The molecular weight excluding hydrogens is 366 g/mol. The highest BCUT2D eigenvalue weighted by Crippen LogP contribution is 2.42. The number of rotatable bonds is 5. The third kappa shape index (κ3) is 3.16. The Kier molecular flexibility index (Phi) is 5.11. The largest absolute Gasteiger partial charge is 0.373 e. The fourth-order valence-electron chi connectivity index (χ4n) is 2.79. The highest BCUT2D eigenvalue weighted by molar-refractivity contribution is 6.36. The molecule has 0 amide bonds. The van der Waals surface area contributed by atoms with Gasteiger partial charge in [0.05, 0.1) is 0 Å². The zero-order valence-corrected chi connectivity index (χ0v) is 14.8. The Morgan fingerprint density at radius 1 is 1.16 bits per heavy atom. The number of methoxy groups -OCH3 is 1. The number of hydrogen-bond donors (Lipinski definition) is 1. The lowest BCUT2D eigenvalue weighted by Crippen LogP contribution is -2.33. The van der Waals surface area contributed by atoms with E-state index in [-0.39, 0.29) is 28.2 Å². The molecule has 1 atom stereocenters. The van der Waals surface area contributed by atoms with E-state index in [4.69, 9.17) is 27.9 Å². The Morgan fingerprint density at radius 3 is 2.40 bits per heavy atom. The van der Waals surface area contributed by atoms with Gasteiger partial charge in [-0.3, -0.25) is 0 Å². The van der Waals surface area contributed by atoms with Gasteiger partial charge in [0.2, 0.25) is 0 Å². The van der Waals surface area contributed by atoms with E-state index < -0.39 is 11.4 Å². The number of imidazole rings is 1. The van der Waals surface area contributed by atoms with E-state index in [2.05, 4.69) is 4.98 Å². The van der Waals surface area contributed by atoms with Crippen LogP contribution in [0.4, 0.5) is 4.39 Å². The lowest BCUT2D eigenvalue weighted by Gasteiger charge is -2.31. The summed E-state index contributed by atoms with van der Waals surface area (Å²) in [5.74, 6) is -0.160. The fourth-order valence-corrected chi connectivity index (χ4v) is 3.46. The first-order chi connectivity index (χ1) is 12.0. The molecular formula is C18H15Cl2FN2O2. The highest BCUT2D eigenvalue weighted by atomic mass is 35.5. The smallest absolute Gasteiger partial charge is 0.176 e. The molecule has 3 aromatic rings. The summed E-state index contributed by atoms with van der Waals surface area (Å²) in [6.45, 7) is 0.168. The van der Waals surface area contributed by atoms with E-state index in [0.29, 0.717) is 5.56 Å².